The van der Waals surface area contributed by atoms with Crippen molar-refractivity contribution < 1.29 is 0 Å². The van der Waals surface area contributed by atoms with Gasteiger partial charge in [0.15, 0.2) is 0 Å². The lowest BCUT2D eigenvalue weighted by atomic mass is 10.2. The summed E-state index contributed by atoms with van der Waals surface area (Å²) in [6, 6.07) is 2.63. The molecule has 1 saturated heterocycles. The van der Waals surface area contributed by atoms with Crippen molar-refractivity contribution in [3.8, 4) is 0 Å². The molecule has 4 nitrogen and oxygen atoms in total. The topological polar surface area (TPSA) is 45.4 Å². The van der Waals surface area contributed by atoms with Crippen LogP contribution in [0.25, 0.3) is 0 Å². The van der Waals surface area contributed by atoms with Gasteiger partial charge in [-0.25, -0.2) is 0 Å². The molecule has 14 heavy (non-hydrogen) atoms. The third-order valence-electron chi connectivity index (χ3n) is 2.72. The number of aromatic nitrogens is 1. The number of nitrogens with two attached hydrogens (primary N) is 1. The first-order chi connectivity index (χ1) is 6.66. The summed E-state index contributed by atoms with van der Waals surface area (Å²) in [7, 11) is 4.27. The lowest BCUT2D eigenvalue weighted by Gasteiger charge is -2.20. The zero-order valence-corrected chi connectivity index (χ0v) is 9.42. The zero-order chi connectivity index (χ0) is 10.1. The first kappa shape index (κ1) is 9.73. The molecule has 0 aromatic carbocycles. The SMILES string of the molecule is CN(C)C1CCN(c2cc(N)ns2)C1. The number of likely N-dealkylation sites (N-methyl/N-ethyl adjacent to an activating group) is 1. The fourth-order valence-electron chi connectivity index (χ4n) is 1.79. The summed E-state index contributed by atoms with van der Waals surface area (Å²) >= 11 is 1.49. The second-order valence-electron chi connectivity index (χ2n) is 3.94. The van der Waals surface area contributed by atoms with Crippen LogP contribution in [0.5, 0.6) is 0 Å². The van der Waals surface area contributed by atoms with E-state index in [9.17, 15) is 0 Å². The second kappa shape index (κ2) is 3.74. The van der Waals surface area contributed by atoms with E-state index >= 15 is 0 Å². The van der Waals surface area contributed by atoms with E-state index in [4.69, 9.17) is 5.73 Å². The predicted molar refractivity (Wildman–Crippen MR) is 60.8 cm³/mol. The monoisotopic (exact) mass is 212 g/mol. The van der Waals surface area contributed by atoms with Gasteiger partial charge in [-0.05, 0) is 32.0 Å². The first-order valence-corrected chi connectivity index (χ1v) is 5.57. The highest BCUT2D eigenvalue weighted by atomic mass is 32.1. The maximum absolute atomic E-state index is 5.60. The van der Waals surface area contributed by atoms with Gasteiger partial charge in [0.2, 0.25) is 0 Å². The summed E-state index contributed by atoms with van der Waals surface area (Å²) in [4.78, 5) is 4.64. The molecule has 5 heteroatoms. The maximum atomic E-state index is 5.60. The quantitative estimate of drug-likeness (QED) is 0.790. The van der Waals surface area contributed by atoms with Crippen molar-refractivity contribution in [1.82, 2.24) is 9.27 Å². The molecular formula is C9H16N4S. The van der Waals surface area contributed by atoms with Crippen LogP contribution >= 0.6 is 11.5 Å². The van der Waals surface area contributed by atoms with Crippen molar-refractivity contribution in [2.24, 2.45) is 0 Å². The van der Waals surface area contributed by atoms with Crippen LogP contribution in [0.4, 0.5) is 10.8 Å². The highest BCUT2D eigenvalue weighted by molar-refractivity contribution is 7.10. The van der Waals surface area contributed by atoms with Crippen molar-refractivity contribution in [3.63, 3.8) is 0 Å². The minimum atomic E-state index is 0.637. The van der Waals surface area contributed by atoms with Crippen molar-refractivity contribution in [2.75, 3.05) is 37.8 Å². The van der Waals surface area contributed by atoms with Gasteiger partial charge >= 0.3 is 0 Å². The zero-order valence-electron chi connectivity index (χ0n) is 8.60. The molecule has 1 aromatic heterocycles. The van der Waals surface area contributed by atoms with E-state index in [1.165, 1.54) is 23.0 Å². The molecule has 2 N–H and O–H groups in total. The number of hydrogen-bond donors (Lipinski definition) is 1. The van der Waals surface area contributed by atoms with E-state index in [2.05, 4.69) is 28.3 Å². The Hall–Kier alpha value is -0.810. The third-order valence-corrected chi connectivity index (χ3v) is 3.59. The average Bonchev–Trinajstić information content (AvgIpc) is 2.70. The molecule has 1 aliphatic rings. The minimum Gasteiger partial charge on any atom is -0.383 e. The van der Waals surface area contributed by atoms with Crippen molar-refractivity contribution in [1.29, 1.82) is 0 Å². The number of hydrogen-bond acceptors (Lipinski definition) is 5. The van der Waals surface area contributed by atoms with Crippen molar-refractivity contribution in [2.45, 2.75) is 12.5 Å². The van der Waals surface area contributed by atoms with Crippen LogP contribution in [-0.4, -0.2) is 42.5 Å². The Kier molecular flexibility index (Phi) is 2.60. The van der Waals surface area contributed by atoms with Gasteiger partial charge in [-0.2, -0.15) is 4.37 Å². The molecule has 2 heterocycles. The number of rotatable bonds is 2. The van der Waals surface area contributed by atoms with Crippen LogP contribution in [0.3, 0.4) is 0 Å². The average molecular weight is 212 g/mol. The Morgan fingerprint density at radius 2 is 2.43 bits per heavy atom. The summed E-state index contributed by atoms with van der Waals surface area (Å²) in [5.41, 5.74) is 5.60. The molecule has 1 aliphatic heterocycles. The normalized spacial score (nSPS) is 22.2. The molecule has 0 spiro atoms. The van der Waals surface area contributed by atoms with Crippen LogP contribution in [0.15, 0.2) is 6.07 Å². The second-order valence-corrected chi connectivity index (χ2v) is 4.73. The predicted octanol–water partition coefficient (Wildman–Crippen LogP) is 0.866. The maximum Gasteiger partial charge on any atom is 0.139 e. The number of nitrogen functional groups attached to an aromatic ring is 1. The molecule has 0 amide bonds. The van der Waals surface area contributed by atoms with Gasteiger partial charge in [0.05, 0.1) is 0 Å². The van der Waals surface area contributed by atoms with Gasteiger partial charge in [0.1, 0.15) is 10.8 Å². The van der Waals surface area contributed by atoms with Gasteiger partial charge in [-0.3, -0.25) is 0 Å². The van der Waals surface area contributed by atoms with Crippen molar-refractivity contribution >= 4 is 22.4 Å². The Balaban J connectivity index is 2.02. The Labute approximate surface area is 88.5 Å². The van der Waals surface area contributed by atoms with Gasteiger partial charge in [0.25, 0.3) is 0 Å². The summed E-state index contributed by atoms with van der Waals surface area (Å²) in [5.74, 6) is 0.637. The molecule has 0 saturated carbocycles. The van der Waals surface area contributed by atoms with E-state index in [1.807, 2.05) is 6.07 Å². The smallest absolute Gasteiger partial charge is 0.139 e. The Morgan fingerprint density at radius 1 is 1.64 bits per heavy atom. The van der Waals surface area contributed by atoms with E-state index in [1.54, 1.807) is 0 Å². The van der Waals surface area contributed by atoms with Gasteiger partial charge in [0, 0.05) is 25.2 Å². The lowest BCUT2D eigenvalue weighted by Crippen LogP contribution is -2.31. The summed E-state index contributed by atoms with van der Waals surface area (Å²) in [5, 5.41) is 1.20. The van der Waals surface area contributed by atoms with E-state index in [-0.39, 0.29) is 0 Å². The molecule has 0 bridgehead atoms. The van der Waals surface area contributed by atoms with Crippen LogP contribution in [0.1, 0.15) is 6.42 Å². The van der Waals surface area contributed by atoms with Crippen LogP contribution in [0.2, 0.25) is 0 Å². The van der Waals surface area contributed by atoms with Gasteiger partial charge in [-0.15, -0.1) is 0 Å². The molecule has 1 aromatic rings. The summed E-state index contributed by atoms with van der Waals surface area (Å²) in [6.07, 6.45) is 1.23. The Morgan fingerprint density at radius 3 is 2.93 bits per heavy atom. The first-order valence-electron chi connectivity index (χ1n) is 4.80. The van der Waals surface area contributed by atoms with E-state index < -0.39 is 0 Å². The molecule has 1 atom stereocenters. The standard InChI is InChI=1S/C9H16N4S/c1-12(2)7-3-4-13(6-7)9-5-8(10)11-14-9/h5,7H,3-4,6H2,1-2H3,(H2,10,11). The highest BCUT2D eigenvalue weighted by Crippen LogP contribution is 2.27. The fraction of sp³-hybridized carbons (Fsp3) is 0.667. The molecule has 78 valence electrons. The molecule has 1 unspecified atom stereocenters. The molecule has 2 rings (SSSR count). The largest absolute Gasteiger partial charge is 0.383 e. The third kappa shape index (κ3) is 1.83. The number of nitrogens with zero attached hydrogens (tertiary/aromatic N) is 3. The number of anilines is 2. The van der Waals surface area contributed by atoms with Crippen LogP contribution < -0.4 is 10.6 Å². The van der Waals surface area contributed by atoms with Crippen LogP contribution in [-0.2, 0) is 0 Å². The highest BCUT2D eigenvalue weighted by Gasteiger charge is 2.25. The molecular weight excluding hydrogens is 196 g/mol. The van der Waals surface area contributed by atoms with E-state index in [0.717, 1.165) is 13.1 Å². The lowest BCUT2D eigenvalue weighted by molar-refractivity contribution is 0.315. The van der Waals surface area contributed by atoms with Crippen molar-refractivity contribution in [3.05, 3.63) is 6.07 Å². The minimum absolute atomic E-state index is 0.637. The summed E-state index contributed by atoms with van der Waals surface area (Å²) < 4.78 is 4.10. The molecule has 1 fully saturated rings. The van der Waals surface area contributed by atoms with Crippen LogP contribution in [0, 0.1) is 0 Å². The van der Waals surface area contributed by atoms with Gasteiger partial charge < -0.3 is 15.5 Å². The molecule has 0 radical (unpaired) electrons. The molecule has 0 aliphatic carbocycles. The Bertz CT molecular complexity index is 310. The summed E-state index contributed by atoms with van der Waals surface area (Å²) in [6.45, 7) is 2.21. The van der Waals surface area contributed by atoms with Gasteiger partial charge in [-0.1, -0.05) is 0 Å². The fourth-order valence-corrected chi connectivity index (χ4v) is 2.50. The van der Waals surface area contributed by atoms with E-state index in [0.29, 0.717) is 11.9 Å².